The van der Waals surface area contributed by atoms with Crippen LogP contribution in [0, 0.1) is 0 Å². The summed E-state index contributed by atoms with van der Waals surface area (Å²) in [5.41, 5.74) is 0. The normalized spacial score (nSPS) is 24.6. The Kier molecular flexibility index (Phi) is 4.40. The Balaban J connectivity index is 1.72. The molecule has 1 saturated heterocycles. The highest BCUT2D eigenvalue weighted by atomic mass is 16.2. The van der Waals surface area contributed by atoms with Crippen LogP contribution in [0.3, 0.4) is 0 Å². The molecule has 1 heterocycles. The topological polar surface area (TPSA) is 35.6 Å². The first kappa shape index (κ1) is 12.8. The summed E-state index contributed by atoms with van der Waals surface area (Å²) in [6, 6.07) is 0.519. The number of nitrogens with zero attached hydrogens (tertiary/aromatic N) is 2. The van der Waals surface area contributed by atoms with Gasteiger partial charge in [0.05, 0.1) is 6.04 Å². The van der Waals surface area contributed by atoms with Crippen LogP contribution in [0.2, 0.25) is 0 Å². The van der Waals surface area contributed by atoms with Crippen molar-refractivity contribution in [1.29, 1.82) is 0 Å². The largest absolute Gasteiger partial charge is 0.352 e. The second-order valence-electron chi connectivity index (χ2n) is 5.34. The van der Waals surface area contributed by atoms with E-state index in [2.05, 4.69) is 22.0 Å². The predicted octanol–water partition coefficient (Wildman–Crippen LogP) is 0.681. The third-order valence-corrected chi connectivity index (χ3v) is 3.80. The Morgan fingerprint density at radius 1 is 1.29 bits per heavy atom. The minimum absolute atomic E-state index is 0.0411. The van der Waals surface area contributed by atoms with E-state index in [9.17, 15) is 4.79 Å². The summed E-state index contributed by atoms with van der Waals surface area (Å²) in [4.78, 5) is 16.7. The fourth-order valence-electron chi connectivity index (χ4n) is 2.41. The molecule has 1 aliphatic heterocycles. The van der Waals surface area contributed by atoms with Crippen molar-refractivity contribution in [2.45, 2.75) is 45.2 Å². The molecule has 1 unspecified atom stereocenters. The van der Waals surface area contributed by atoms with E-state index in [0.717, 1.165) is 26.2 Å². The van der Waals surface area contributed by atoms with Crippen molar-refractivity contribution in [3.63, 3.8) is 0 Å². The van der Waals surface area contributed by atoms with Crippen LogP contribution in [0.4, 0.5) is 0 Å². The van der Waals surface area contributed by atoms with Gasteiger partial charge in [0.2, 0.25) is 5.91 Å². The second-order valence-corrected chi connectivity index (χ2v) is 5.34. The molecule has 0 bridgehead atoms. The molecule has 1 N–H and O–H groups in total. The number of amides is 1. The summed E-state index contributed by atoms with van der Waals surface area (Å²) in [6.45, 7) is 9.71. The Hall–Kier alpha value is -0.610. The van der Waals surface area contributed by atoms with Crippen LogP contribution in [0.1, 0.15) is 33.1 Å². The van der Waals surface area contributed by atoms with Gasteiger partial charge in [-0.25, -0.2) is 0 Å². The average Bonchev–Trinajstić information content (AvgIpc) is 3.13. The van der Waals surface area contributed by atoms with E-state index < -0.39 is 0 Å². The van der Waals surface area contributed by atoms with Gasteiger partial charge < -0.3 is 10.2 Å². The summed E-state index contributed by atoms with van der Waals surface area (Å²) < 4.78 is 0. The Labute approximate surface area is 104 Å². The van der Waals surface area contributed by atoms with Crippen molar-refractivity contribution < 1.29 is 4.79 Å². The molecule has 0 aromatic rings. The van der Waals surface area contributed by atoms with Crippen LogP contribution < -0.4 is 5.32 Å². The van der Waals surface area contributed by atoms with Crippen molar-refractivity contribution >= 4 is 5.91 Å². The second kappa shape index (κ2) is 5.83. The molecular weight excluding hydrogens is 214 g/mol. The highest BCUT2D eigenvalue weighted by molar-refractivity contribution is 5.81. The Bertz CT molecular complexity index is 257. The van der Waals surface area contributed by atoms with Crippen molar-refractivity contribution in [2.75, 3.05) is 32.7 Å². The molecular formula is C13H25N3O. The molecule has 2 rings (SSSR count). The lowest BCUT2D eigenvalue weighted by Gasteiger charge is -2.37. The molecule has 1 atom stereocenters. The number of piperazine rings is 1. The van der Waals surface area contributed by atoms with Crippen molar-refractivity contribution in [2.24, 2.45) is 0 Å². The molecule has 2 fully saturated rings. The third-order valence-electron chi connectivity index (χ3n) is 3.80. The zero-order valence-corrected chi connectivity index (χ0v) is 11.1. The fraction of sp³-hybridized carbons (Fsp3) is 0.923. The maximum Gasteiger partial charge on any atom is 0.237 e. The van der Waals surface area contributed by atoms with Crippen LogP contribution in [0.5, 0.6) is 0 Å². The zero-order valence-electron chi connectivity index (χ0n) is 11.1. The molecule has 0 aromatic carbocycles. The molecule has 1 saturated carbocycles. The quantitative estimate of drug-likeness (QED) is 0.766. The van der Waals surface area contributed by atoms with E-state index >= 15 is 0 Å². The van der Waals surface area contributed by atoms with Gasteiger partial charge >= 0.3 is 0 Å². The summed E-state index contributed by atoms with van der Waals surface area (Å²) >= 11 is 0. The SMILES string of the molecule is CCCN1CCN(C(C)C(=O)NC2CC2)CC1. The molecule has 1 aliphatic carbocycles. The van der Waals surface area contributed by atoms with E-state index in [0.29, 0.717) is 6.04 Å². The van der Waals surface area contributed by atoms with Crippen molar-refractivity contribution in [1.82, 2.24) is 15.1 Å². The average molecular weight is 239 g/mol. The number of carbonyl (C=O) groups excluding carboxylic acids is 1. The van der Waals surface area contributed by atoms with Gasteiger partial charge in [0, 0.05) is 32.2 Å². The van der Waals surface area contributed by atoms with Gasteiger partial charge in [0.1, 0.15) is 0 Å². The minimum atomic E-state index is 0.0411. The summed E-state index contributed by atoms with van der Waals surface area (Å²) in [6.07, 6.45) is 3.56. The number of hydrogen-bond acceptors (Lipinski definition) is 3. The molecule has 0 spiro atoms. The molecule has 1 amide bonds. The van der Waals surface area contributed by atoms with E-state index in [4.69, 9.17) is 0 Å². The van der Waals surface area contributed by atoms with Crippen LogP contribution >= 0.6 is 0 Å². The lowest BCUT2D eigenvalue weighted by Crippen LogP contribution is -2.54. The van der Waals surface area contributed by atoms with Crippen LogP contribution in [-0.4, -0.2) is 60.5 Å². The van der Waals surface area contributed by atoms with E-state index in [1.54, 1.807) is 0 Å². The Morgan fingerprint density at radius 2 is 1.94 bits per heavy atom. The van der Waals surface area contributed by atoms with Gasteiger partial charge in [0.25, 0.3) is 0 Å². The van der Waals surface area contributed by atoms with Gasteiger partial charge in [-0.3, -0.25) is 9.69 Å². The number of nitrogens with one attached hydrogen (secondary N) is 1. The fourth-order valence-corrected chi connectivity index (χ4v) is 2.41. The summed E-state index contributed by atoms with van der Waals surface area (Å²) in [7, 11) is 0. The summed E-state index contributed by atoms with van der Waals surface area (Å²) in [5, 5.41) is 3.09. The smallest absolute Gasteiger partial charge is 0.237 e. The first-order valence-corrected chi connectivity index (χ1v) is 6.97. The maximum atomic E-state index is 11.9. The standard InChI is InChI=1S/C13H25N3O/c1-3-6-15-7-9-16(10-8-15)11(2)13(17)14-12-4-5-12/h11-12H,3-10H2,1-2H3,(H,14,17). The maximum absolute atomic E-state index is 11.9. The van der Waals surface area contributed by atoms with E-state index in [-0.39, 0.29) is 11.9 Å². The first-order valence-electron chi connectivity index (χ1n) is 6.97. The van der Waals surface area contributed by atoms with E-state index in [1.165, 1.54) is 25.8 Å². The molecule has 4 nitrogen and oxygen atoms in total. The van der Waals surface area contributed by atoms with Crippen LogP contribution in [0.25, 0.3) is 0 Å². The van der Waals surface area contributed by atoms with Crippen molar-refractivity contribution in [3.8, 4) is 0 Å². The monoisotopic (exact) mass is 239 g/mol. The lowest BCUT2D eigenvalue weighted by molar-refractivity contribution is -0.126. The highest BCUT2D eigenvalue weighted by Gasteiger charge is 2.29. The van der Waals surface area contributed by atoms with Gasteiger partial charge in [-0.05, 0) is 32.7 Å². The van der Waals surface area contributed by atoms with Gasteiger partial charge in [-0.2, -0.15) is 0 Å². The minimum Gasteiger partial charge on any atom is -0.352 e. The third kappa shape index (κ3) is 3.68. The first-order chi connectivity index (χ1) is 8.20. The molecule has 2 aliphatic rings. The van der Waals surface area contributed by atoms with Gasteiger partial charge in [-0.15, -0.1) is 0 Å². The molecule has 98 valence electrons. The number of hydrogen-bond donors (Lipinski definition) is 1. The molecule has 4 heteroatoms. The van der Waals surface area contributed by atoms with Gasteiger partial charge in [-0.1, -0.05) is 6.92 Å². The van der Waals surface area contributed by atoms with Crippen LogP contribution in [0.15, 0.2) is 0 Å². The number of rotatable bonds is 5. The summed E-state index contributed by atoms with van der Waals surface area (Å²) in [5.74, 6) is 0.219. The lowest BCUT2D eigenvalue weighted by atomic mass is 10.2. The predicted molar refractivity (Wildman–Crippen MR) is 68.9 cm³/mol. The molecule has 0 radical (unpaired) electrons. The zero-order chi connectivity index (χ0) is 12.3. The Morgan fingerprint density at radius 3 is 2.47 bits per heavy atom. The highest BCUT2D eigenvalue weighted by Crippen LogP contribution is 2.19. The van der Waals surface area contributed by atoms with Crippen molar-refractivity contribution in [3.05, 3.63) is 0 Å². The number of carbonyl (C=O) groups is 1. The van der Waals surface area contributed by atoms with E-state index in [1.807, 2.05) is 6.92 Å². The van der Waals surface area contributed by atoms with Crippen LogP contribution in [-0.2, 0) is 4.79 Å². The molecule has 17 heavy (non-hydrogen) atoms. The van der Waals surface area contributed by atoms with Gasteiger partial charge in [0.15, 0.2) is 0 Å². The molecule has 0 aromatic heterocycles.